The fraction of sp³-hybridized carbons (Fsp3) is 0.538. The van der Waals surface area contributed by atoms with Crippen LogP contribution >= 0.6 is 23.2 Å². The predicted molar refractivity (Wildman–Crippen MR) is 139 cm³/mol. The number of methoxy groups -OCH3 is 2. The van der Waals surface area contributed by atoms with Gasteiger partial charge < -0.3 is 19.7 Å². The second-order valence-electron chi connectivity index (χ2n) is 9.93. The van der Waals surface area contributed by atoms with E-state index in [0.717, 1.165) is 28.8 Å². The highest BCUT2D eigenvalue weighted by molar-refractivity contribution is 6.39. The molecule has 0 saturated heterocycles. The maximum absolute atomic E-state index is 6.67. The molecule has 0 bridgehead atoms. The normalized spacial score (nSPS) is 24.4. The summed E-state index contributed by atoms with van der Waals surface area (Å²) >= 11 is 13.3. The molecular formula is C26H32Cl2N4O2. The highest BCUT2D eigenvalue weighted by Gasteiger charge is 2.38. The molecule has 0 spiro atoms. The molecule has 2 fully saturated rings. The summed E-state index contributed by atoms with van der Waals surface area (Å²) in [6.45, 7) is 2.95. The van der Waals surface area contributed by atoms with Crippen LogP contribution in [0.3, 0.4) is 0 Å². The molecule has 5 rings (SSSR count). The van der Waals surface area contributed by atoms with E-state index in [1.807, 2.05) is 13.2 Å². The van der Waals surface area contributed by atoms with Crippen LogP contribution in [0.2, 0.25) is 10.0 Å². The van der Waals surface area contributed by atoms with Crippen LogP contribution in [0.4, 0.5) is 11.8 Å². The fourth-order valence-corrected chi connectivity index (χ4v) is 6.44. The first-order chi connectivity index (χ1) is 16.4. The molecule has 34 heavy (non-hydrogen) atoms. The first-order valence-corrected chi connectivity index (χ1v) is 12.8. The third kappa shape index (κ3) is 4.20. The minimum absolute atomic E-state index is 0.436. The number of rotatable bonds is 6. The van der Waals surface area contributed by atoms with Crippen molar-refractivity contribution < 1.29 is 9.47 Å². The molecule has 0 amide bonds. The lowest BCUT2D eigenvalue weighted by Gasteiger charge is -2.31. The molecule has 1 aliphatic heterocycles. The molecule has 0 radical (unpaired) electrons. The van der Waals surface area contributed by atoms with E-state index in [1.165, 1.54) is 32.1 Å². The van der Waals surface area contributed by atoms with Crippen LogP contribution in [0.1, 0.15) is 50.2 Å². The van der Waals surface area contributed by atoms with Crippen LogP contribution in [0.15, 0.2) is 12.3 Å². The maximum Gasteiger partial charge on any atom is 0.224 e. The standard InChI is InChI=1S/C26H32Cl2N4O2/c1-14-8-16(15-6-5-7-15)10-19(14)30-26-29-12-17-9-18(13-32(2)25(17)31-26)22-23(27)20(33-3)11-21(34-4)24(22)28/h9,11-12,14-16,19H,5-8,10,13H2,1-4H3,(H,29,30,31)/t14-,16?,19+/m0/s1. The molecule has 182 valence electrons. The van der Waals surface area contributed by atoms with Crippen molar-refractivity contribution >= 4 is 46.6 Å². The summed E-state index contributed by atoms with van der Waals surface area (Å²) in [5.41, 5.74) is 2.59. The Bertz CT molecular complexity index is 1090. The summed E-state index contributed by atoms with van der Waals surface area (Å²) in [6, 6.07) is 2.14. The molecular weight excluding hydrogens is 471 g/mol. The van der Waals surface area contributed by atoms with Crippen LogP contribution in [-0.2, 0) is 0 Å². The third-order valence-electron chi connectivity index (χ3n) is 7.84. The molecule has 2 aromatic rings. The Balaban J connectivity index is 1.41. The largest absolute Gasteiger partial charge is 0.495 e. The molecule has 6 nitrogen and oxygen atoms in total. The predicted octanol–water partition coefficient (Wildman–Crippen LogP) is 6.42. The van der Waals surface area contributed by atoms with Crippen molar-refractivity contribution in [3.63, 3.8) is 0 Å². The van der Waals surface area contributed by atoms with Gasteiger partial charge in [0.1, 0.15) is 17.3 Å². The molecule has 1 unspecified atom stereocenters. The van der Waals surface area contributed by atoms with Gasteiger partial charge in [0.05, 0.1) is 24.3 Å². The summed E-state index contributed by atoms with van der Waals surface area (Å²) < 4.78 is 10.9. The minimum atomic E-state index is 0.436. The summed E-state index contributed by atoms with van der Waals surface area (Å²) in [6.07, 6.45) is 10.7. The molecule has 3 atom stereocenters. The average Bonchev–Trinajstić information content (AvgIpc) is 3.12. The number of ether oxygens (including phenoxy) is 2. The monoisotopic (exact) mass is 502 g/mol. The van der Waals surface area contributed by atoms with Crippen molar-refractivity contribution in [3.8, 4) is 11.5 Å². The van der Waals surface area contributed by atoms with E-state index in [2.05, 4.69) is 28.2 Å². The molecule has 1 aromatic carbocycles. The van der Waals surface area contributed by atoms with Crippen LogP contribution in [0.5, 0.6) is 11.5 Å². The quantitative estimate of drug-likeness (QED) is 0.491. The molecule has 1 aromatic heterocycles. The lowest BCUT2D eigenvalue weighted by atomic mass is 9.75. The smallest absolute Gasteiger partial charge is 0.224 e. The van der Waals surface area contributed by atoms with E-state index in [9.17, 15) is 0 Å². The van der Waals surface area contributed by atoms with Crippen LogP contribution in [-0.4, -0.2) is 43.8 Å². The SMILES string of the molecule is COc1cc(OC)c(Cl)c(C2=Cc3cnc(N[C@@H]4CC(C5CCC5)C[C@@H]4C)nc3N(C)C2)c1Cl. The highest BCUT2D eigenvalue weighted by atomic mass is 35.5. The number of anilines is 2. The zero-order valence-corrected chi connectivity index (χ0v) is 21.7. The van der Waals surface area contributed by atoms with E-state index in [-0.39, 0.29) is 0 Å². The van der Waals surface area contributed by atoms with Gasteiger partial charge in [0.15, 0.2) is 0 Å². The number of benzene rings is 1. The number of fused-ring (bicyclic) bond motifs is 1. The Morgan fingerprint density at radius 1 is 1.06 bits per heavy atom. The van der Waals surface area contributed by atoms with E-state index >= 15 is 0 Å². The molecule has 8 heteroatoms. The van der Waals surface area contributed by atoms with Gasteiger partial charge in [-0.3, -0.25) is 0 Å². The lowest BCUT2D eigenvalue weighted by Crippen LogP contribution is -2.28. The number of hydrogen-bond donors (Lipinski definition) is 1. The van der Waals surface area contributed by atoms with E-state index in [1.54, 1.807) is 20.3 Å². The van der Waals surface area contributed by atoms with E-state index in [4.69, 9.17) is 37.7 Å². The third-order valence-corrected chi connectivity index (χ3v) is 8.59. The molecule has 1 N–H and O–H groups in total. The van der Waals surface area contributed by atoms with Crippen LogP contribution < -0.4 is 19.7 Å². The summed E-state index contributed by atoms with van der Waals surface area (Å²) in [4.78, 5) is 11.6. The van der Waals surface area contributed by atoms with Gasteiger partial charge in [-0.1, -0.05) is 49.4 Å². The van der Waals surface area contributed by atoms with Gasteiger partial charge in [-0.05, 0) is 42.2 Å². The lowest BCUT2D eigenvalue weighted by molar-refractivity contribution is 0.205. The van der Waals surface area contributed by atoms with Gasteiger partial charge in [0.25, 0.3) is 0 Å². The molecule has 2 saturated carbocycles. The zero-order chi connectivity index (χ0) is 24.0. The van der Waals surface area contributed by atoms with Crippen molar-refractivity contribution in [3.05, 3.63) is 33.4 Å². The summed E-state index contributed by atoms with van der Waals surface area (Å²) in [5, 5.41) is 4.57. The maximum atomic E-state index is 6.67. The Labute approximate surface area is 211 Å². The first-order valence-electron chi connectivity index (χ1n) is 12.0. The van der Waals surface area contributed by atoms with E-state index in [0.29, 0.717) is 51.6 Å². The Hall–Kier alpha value is -2.18. The Morgan fingerprint density at radius 2 is 1.76 bits per heavy atom. The van der Waals surface area contributed by atoms with Crippen molar-refractivity contribution in [2.45, 2.75) is 45.1 Å². The van der Waals surface area contributed by atoms with Gasteiger partial charge in [-0.2, -0.15) is 4.98 Å². The second kappa shape index (κ2) is 9.46. The second-order valence-corrected chi connectivity index (χ2v) is 10.7. The van der Waals surface area contributed by atoms with Crippen LogP contribution in [0.25, 0.3) is 11.6 Å². The van der Waals surface area contributed by atoms with Gasteiger partial charge >= 0.3 is 0 Å². The fourth-order valence-electron chi connectivity index (χ4n) is 5.70. The number of likely N-dealkylation sites (N-methyl/N-ethyl adjacent to an activating group) is 1. The molecule has 3 aliphatic rings. The van der Waals surface area contributed by atoms with Gasteiger partial charge in [0, 0.05) is 43.0 Å². The Kier molecular flexibility index (Phi) is 6.56. The molecule has 2 heterocycles. The minimum Gasteiger partial charge on any atom is -0.495 e. The average molecular weight is 503 g/mol. The zero-order valence-electron chi connectivity index (χ0n) is 20.2. The van der Waals surface area contributed by atoms with Crippen molar-refractivity contribution in [2.75, 3.05) is 38.0 Å². The van der Waals surface area contributed by atoms with Crippen molar-refractivity contribution in [1.29, 1.82) is 0 Å². The van der Waals surface area contributed by atoms with Gasteiger partial charge in [0.2, 0.25) is 5.95 Å². The summed E-state index contributed by atoms with van der Waals surface area (Å²) in [5.74, 6) is 5.06. The Morgan fingerprint density at radius 3 is 2.38 bits per heavy atom. The highest BCUT2D eigenvalue weighted by Crippen LogP contribution is 2.47. The van der Waals surface area contributed by atoms with E-state index < -0.39 is 0 Å². The number of hydrogen-bond acceptors (Lipinski definition) is 6. The van der Waals surface area contributed by atoms with Gasteiger partial charge in [-0.25, -0.2) is 4.98 Å². The van der Waals surface area contributed by atoms with Crippen LogP contribution in [0, 0.1) is 17.8 Å². The number of halogens is 2. The number of nitrogens with zero attached hydrogens (tertiary/aromatic N) is 3. The first kappa shape index (κ1) is 23.6. The topological polar surface area (TPSA) is 59.5 Å². The van der Waals surface area contributed by atoms with Crippen molar-refractivity contribution in [1.82, 2.24) is 9.97 Å². The number of nitrogens with one attached hydrogen (secondary N) is 1. The summed E-state index contributed by atoms with van der Waals surface area (Å²) in [7, 11) is 5.18. The number of aromatic nitrogens is 2. The van der Waals surface area contributed by atoms with Crippen molar-refractivity contribution in [2.24, 2.45) is 17.8 Å². The molecule has 2 aliphatic carbocycles. The van der Waals surface area contributed by atoms with Gasteiger partial charge in [-0.15, -0.1) is 0 Å².